The van der Waals surface area contributed by atoms with Crippen molar-refractivity contribution in [3.63, 3.8) is 0 Å². The number of anilines is 2. The fourth-order valence-corrected chi connectivity index (χ4v) is 5.10. The number of rotatable bonds is 7. The molecule has 35 heavy (non-hydrogen) atoms. The highest BCUT2D eigenvalue weighted by molar-refractivity contribution is 7.88. The average molecular weight is 544 g/mol. The van der Waals surface area contributed by atoms with Gasteiger partial charge in [-0.1, -0.05) is 29.3 Å². The number of urea groups is 1. The standard InChI is InChI=1S/C22H24Cl2FN5O4S/c1-35(33,34)27-12-22(6-7-22)15-5-4-14(10-17(15)25)30-8-2-3-18(20(30)31)28-21(32)29-19-16(24)9-13(23)11-26-19/h4-5,9-11,18,27H,2-3,6-8,12H2,1H3,(H2,26,28,29,32)/t18-/m1/s1. The lowest BCUT2D eigenvalue weighted by molar-refractivity contribution is -0.121. The first-order valence-corrected chi connectivity index (χ1v) is 13.6. The SMILES string of the molecule is CS(=O)(=O)NCC1(c2ccc(N3CCC[C@@H](NC(=O)Nc4ncc(Cl)cc4Cl)C3=O)cc2F)CC1. The molecule has 0 unspecified atom stereocenters. The highest BCUT2D eigenvalue weighted by atomic mass is 35.5. The molecule has 0 bridgehead atoms. The van der Waals surface area contributed by atoms with Crippen LogP contribution in [0.15, 0.2) is 30.5 Å². The number of pyridine rings is 1. The summed E-state index contributed by atoms with van der Waals surface area (Å²) in [6.45, 7) is 0.501. The van der Waals surface area contributed by atoms with Crippen molar-refractivity contribution in [1.29, 1.82) is 0 Å². The van der Waals surface area contributed by atoms with E-state index in [1.807, 2.05) is 0 Å². The smallest absolute Gasteiger partial charge is 0.321 e. The molecule has 2 aliphatic rings. The maximum absolute atomic E-state index is 15.1. The van der Waals surface area contributed by atoms with E-state index in [1.165, 1.54) is 23.2 Å². The molecule has 188 valence electrons. The van der Waals surface area contributed by atoms with Gasteiger partial charge in [0, 0.05) is 30.4 Å². The van der Waals surface area contributed by atoms with Crippen LogP contribution < -0.4 is 20.3 Å². The molecular formula is C22H24Cl2FN5O4S. The molecule has 1 atom stereocenters. The van der Waals surface area contributed by atoms with E-state index < -0.39 is 33.3 Å². The molecule has 1 aliphatic carbocycles. The van der Waals surface area contributed by atoms with E-state index in [2.05, 4.69) is 20.3 Å². The molecule has 0 spiro atoms. The Morgan fingerprint density at radius 3 is 2.66 bits per heavy atom. The zero-order valence-electron chi connectivity index (χ0n) is 18.8. The number of aromatic nitrogens is 1. The molecule has 1 saturated heterocycles. The molecule has 13 heteroatoms. The number of nitrogens with zero attached hydrogens (tertiary/aromatic N) is 2. The second-order valence-electron chi connectivity index (χ2n) is 8.80. The zero-order chi connectivity index (χ0) is 25.4. The van der Waals surface area contributed by atoms with E-state index in [0.717, 1.165) is 6.26 Å². The summed E-state index contributed by atoms with van der Waals surface area (Å²) in [5.41, 5.74) is 0.220. The van der Waals surface area contributed by atoms with Crippen LogP contribution in [0.4, 0.5) is 20.7 Å². The number of halogens is 3. The van der Waals surface area contributed by atoms with Crippen molar-refractivity contribution in [3.05, 3.63) is 51.9 Å². The Kier molecular flexibility index (Phi) is 7.23. The Bertz CT molecular complexity index is 1270. The van der Waals surface area contributed by atoms with Crippen molar-refractivity contribution in [1.82, 2.24) is 15.0 Å². The summed E-state index contributed by atoms with van der Waals surface area (Å²) in [6, 6.07) is 4.50. The third-order valence-corrected chi connectivity index (χ3v) is 7.31. The molecule has 3 N–H and O–H groups in total. The van der Waals surface area contributed by atoms with Gasteiger partial charge in [0.15, 0.2) is 5.82 Å². The number of nitrogens with one attached hydrogen (secondary N) is 3. The quantitative estimate of drug-likeness (QED) is 0.494. The fraction of sp³-hybridized carbons (Fsp3) is 0.409. The second-order valence-corrected chi connectivity index (χ2v) is 11.5. The van der Waals surface area contributed by atoms with E-state index in [1.54, 1.807) is 12.1 Å². The largest absolute Gasteiger partial charge is 0.326 e. The highest BCUT2D eigenvalue weighted by Crippen LogP contribution is 2.49. The molecule has 4 rings (SSSR count). The first-order valence-electron chi connectivity index (χ1n) is 10.9. The van der Waals surface area contributed by atoms with Crippen LogP contribution in [0.1, 0.15) is 31.2 Å². The predicted octanol–water partition coefficient (Wildman–Crippen LogP) is 3.43. The summed E-state index contributed by atoms with van der Waals surface area (Å²) in [7, 11) is -3.39. The van der Waals surface area contributed by atoms with Gasteiger partial charge in [-0.2, -0.15) is 0 Å². The maximum atomic E-state index is 15.1. The van der Waals surface area contributed by atoms with E-state index in [4.69, 9.17) is 23.2 Å². The lowest BCUT2D eigenvalue weighted by atomic mass is 9.94. The van der Waals surface area contributed by atoms with E-state index >= 15 is 4.39 Å². The molecule has 9 nitrogen and oxygen atoms in total. The van der Waals surface area contributed by atoms with Crippen LogP contribution in [0.2, 0.25) is 10.0 Å². The maximum Gasteiger partial charge on any atom is 0.321 e. The molecule has 1 aromatic heterocycles. The fourth-order valence-electron chi connectivity index (χ4n) is 4.14. The number of benzene rings is 1. The molecule has 3 amide bonds. The first kappa shape index (κ1) is 25.6. The van der Waals surface area contributed by atoms with Gasteiger partial charge in [-0.25, -0.2) is 27.3 Å². The first-order chi connectivity index (χ1) is 16.5. The van der Waals surface area contributed by atoms with Crippen LogP contribution in [-0.2, 0) is 20.2 Å². The monoisotopic (exact) mass is 543 g/mol. The third kappa shape index (κ3) is 6.03. The van der Waals surface area contributed by atoms with E-state index in [9.17, 15) is 18.0 Å². The van der Waals surface area contributed by atoms with E-state index in [0.29, 0.717) is 48.5 Å². The van der Waals surface area contributed by atoms with Crippen molar-refractivity contribution in [2.45, 2.75) is 37.1 Å². The van der Waals surface area contributed by atoms with Gasteiger partial charge < -0.3 is 10.2 Å². The Labute approximate surface area is 212 Å². The lowest BCUT2D eigenvalue weighted by Crippen LogP contribution is -2.53. The number of hydrogen-bond donors (Lipinski definition) is 3. The van der Waals surface area contributed by atoms with Crippen LogP contribution in [0.5, 0.6) is 0 Å². The summed E-state index contributed by atoms with van der Waals surface area (Å²) in [4.78, 5) is 30.9. The van der Waals surface area contributed by atoms with Crippen molar-refractivity contribution in [2.75, 3.05) is 29.6 Å². The summed E-state index contributed by atoms with van der Waals surface area (Å²) in [6.07, 6.45) is 4.76. The van der Waals surface area contributed by atoms with Crippen molar-refractivity contribution in [3.8, 4) is 0 Å². The van der Waals surface area contributed by atoms with Crippen LogP contribution >= 0.6 is 23.2 Å². The number of amides is 3. The average Bonchev–Trinajstić information content (AvgIpc) is 3.56. The van der Waals surface area contributed by atoms with E-state index in [-0.39, 0.29) is 23.3 Å². The molecule has 0 radical (unpaired) electrons. The predicted molar refractivity (Wildman–Crippen MR) is 132 cm³/mol. The van der Waals surface area contributed by atoms with Gasteiger partial charge in [0.1, 0.15) is 11.9 Å². The highest BCUT2D eigenvalue weighted by Gasteiger charge is 2.46. The number of carbonyl (C=O) groups excluding carboxylic acids is 2. The molecule has 2 heterocycles. The molecule has 2 fully saturated rings. The lowest BCUT2D eigenvalue weighted by Gasteiger charge is -2.33. The van der Waals surface area contributed by atoms with Crippen LogP contribution in [0, 0.1) is 5.82 Å². The van der Waals surface area contributed by atoms with Crippen molar-refractivity contribution >= 4 is 56.7 Å². The molecule has 1 saturated carbocycles. The van der Waals surface area contributed by atoms with Gasteiger partial charge in [0.05, 0.1) is 16.3 Å². The molecule has 1 aromatic carbocycles. The Morgan fingerprint density at radius 2 is 2.03 bits per heavy atom. The topological polar surface area (TPSA) is 120 Å². The van der Waals surface area contributed by atoms with Crippen LogP contribution in [-0.4, -0.2) is 50.7 Å². The Balaban J connectivity index is 1.43. The molecule has 1 aliphatic heterocycles. The van der Waals surface area contributed by atoms with Gasteiger partial charge in [0.2, 0.25) is 15.9 Å². The summed E-state index contributed by atoms with van der Waals surface area (Å²) < 4.78 is 40.5. The minimum atomic E-state index is -3.39. The van der Waals surface area contributed by atoms with Crippen molar-refractivity contribution < 1.29 is 22.4 Å². The Morgan fingerprint density at radius 1 is 1.29 bits per heavy atom. The van der Waals surface area contributed by atoms with Gasteiger partial charge in [0.25, 0.3) is 0 Å². The van der Waals surface area contributed by atoms with Gasteiger partial charge in [-0.3, -0.25) is 10.1 Å². The Hall–Kier alpha value is -2.47. The second kappa shape index (κ2) is 9.88. The minimum Gasteiger partial charge on any atom is -0.326 e. The van der Waals surface area contributed by atoms with Gasteiger partial charge in [-0.15, -0.1) is 0 Å². The molecule has 2 aromatic rings. The summed E-state index contributed by atoms with van der Waals surface area (Å²) in [5.74, 6) is -0.765. The number of piperidine rings is 1. The number of sulfonamides is 1. The van der Waals surface area contributed by atoms with Gasteiger partial charge >= 0.3 is 6.03 Å². The number of hydrogen-bond acceptors (Lipinski definition) is 5. The van der Waals surface area contributed by atoms with Crippen LogP contribution in [0.25, 0.3) is 0 Å². The van der Waals surface area contributed by atoms with Crippen molar-refractivity contribution in [2.24, 2.45) is 0 Å². The zero-order valence-corrected chi connectivity index (χ0v) is 21.1. The third-order valence-electron chi connectivity index (χ3n) is 6.15. The van der Waals surface area contributed by atoms with Gasteiger partial charge in [-0.05, 0) is 49.4 Å². The number of carbonyl (C=O) groups is 2. The summed E-state index contributed by atoms with van der Waals surface area (Å²) in [5, 5.41) is 5.58. The summed E-state index contributed by atoms with van der Waals surface area (Å²) >= 11 is 11.8. The van der Waals surface area contributed by atoms with Crippen LogP contribution in [0.3, 0.4) is 0 Å². The normalized spacial score (nSPS) is 19.4. The minimum absolute atomic E-state index is 0.103. The molecular weight excluding hydrogens is 520 g/mol.